The molecule has 1 aromatic heterocycles. The molecule has 1 N–H and O–H groups in total. The monoisotopic (exact) mass is 257 g/mol. The van der Waals surface area contributed by atoms with Gasteiger partial charge in [-0.3, -0.25) is 0 Å². The Hall–Kier alpha value is -2.10. The van der Waals surface area contributed by atoms with Crippen molar-refractivity contribution < 1.29 is 4.74 Å². The molecular weight excluding hydrogens is 238 g/mol. The van der Waals surface area contributed by atoms with Crippen molar-refractivity contribution in [3.05, 3.63) is 41.2 Å². The van der Waals surface area contributed by atoms with E-state index in [0.29, 0.717) is 5.88 Å². The average Bonchev–Trinajstić information content (AvgIpc) is 2.43. The minimum absolute atomic E-state index is 0.621. The molecule has 0 unspecified atom stereocenters. The van der Waals surface area contributed by atoms with Gasteiger partial charge in [-0.15, -0.1) is 0 Å². The van der Waals surface area contributed by atoms with Crippen molar-refractivity contribution in [3.8, 4) is 11.6 Å². The number of hydrogen-bond donors (Lipinski definition) is 1. The third-order valence-electron chi connectivity index (χ3n) is 3.26. The van der Waals surface area contributed by atoms with Crippen molar-refractivity contribution in [2.45, 2.75) is 27.2 Å². The molecule has 0 spiro atoms. The lowest BCUT2D eigenvalue weighted by Gasteiger charge is -2.14. The summed E-state index contributed by atoms with van der Waals surface area (Å²) in [5.41, 5.74) is 3.33. The summed E-state index contributed by atoms with van der Waals surface area (Å²) in [6.07, 6.45) is 2.34. The van der Waals surface area contributed by atoms with E-state index >= 15 is 0 Å². The zero-order valence-electron chi connectivity index (χ0n) is 11.8. The lowest BCUT2D eigenvalue weighted by molar-refractivity contribution is 0.452. The first-order chi connectivity index (χ1) is 9.17. The highest BCUT2D eigenvalue weighted by Gasteiger charge is 2.12. The molecule has 0 fully saturated rings. The molecule has 1 aromatic carbocycles. The molecule has 2 aromatic rings. The third-order valence-corrected chi connectivity index (χ3v) is 3.26. The maximum Gasteiger partial charge on any atom is 0.227 e. The van der Waals surface area contributed by atoms with Crippen LogP contribution < -0.4 is 10.1 Å². The fourth-order valence-electron chi connectivity index (χ4n) is 1.96. The van der Waals surface area contributed by atoms with Crippen molar-refractivity contribution in [2.24, 2.45) is 0 Å². The molecule has 0 amide bonds. The van der Waals surface area contributed by atoms with E-state index in [-0.39, 0.29) is 0 Å². The molecule has 0 atom stereocenters. The molecule has 2 rings (SSSR count). The third kappa shape index (κ3) is 2.67. The first-order valence-corrected chi connectivity index (χ1v) is 6.43. The van der Waals surface area contributed by atoms with Crippen LogP contribution in [0.15, 0.2) is 24.5 Å². The number of nitrogens with one attached hydrogen (secondary N) is 1. The second-order valence-corrected chi connectivity index (χ2v) is 4.41. The number of ether oxygens (including phenoxy) is 1. The van der Waals surface area contributed by atoms with Crippen LogP contribution in [0.3, 0.4) is 0 Å². The smallest absolute Gasteiger partial charge is 0.227 e. The van der Waals surface area contributed by atoms with Gasteiger partial charge in [0.1, 0.15) is 17.9 Å². The van der Waals surface area contributed by atoms with Gasteiger partial charge >= 0.3 is 0 Å². The topological polar surface area (TPSA) is 47.0 Å². The zero-order valence-corrected chi connectivity index (χ0v) is 11.8. The van der Waals surface area contributed by atoms with Crippen molar-refractivity contribution in [1.29, 1.82) is 0 Å². The van der Waals surface area contributed by atoms with E-state index in [1.54, 1.807) is 0 Å². The molecule has 0 aliphatic heterocycles. The Morgan fingerprint density at radius 3 is 2.68 bits per heavy atom. The van der Waals surface area contributed by atoms with Crippen LogP contribution in [0.25, 0.3) is 0 Å². The van der Waals surface area contributed by atoms with Crippen LogP contribution >= 0.6 is 0 Å². The number of hydrogen-bond acceptors (Lipinski definition) is 4. The van der Waals surface area contributed by atoms with Crippen LogP contribution in [0.2, 0.25) is 0 Å². The Balaban J connectivity index is 2.41. The van der Waals surface area contributed by atoms with Gasteiger partial charge in [0.25, 0.3) is 0 Å². The summed E-state index contributed by atoms with van der Waals surface area (Å²) < 4.78 is 5.96. The van der Waals surface area contributed by atoms with Crippen LogP contribution in [0, 0.1) is 13.8 Å². The second kappa shape index (κ2) is 5.69. The van der Waals surface area contributed by atoms with E-state index in [2.05, 4.69) is 42.1 Å². The minimum Gasteiger partial charge on any atom is -0.438 e. The standard InChI is InChI=1S/C15H19N3O/c1-5-12-14(16-4)17-9-18-15(12)19-13-8-6-7-10(2)11(13)3/h6-9H,5H2,1-4H3,(H,16,17,18). The zero-order chi connectivity index (χ0) is 13.8. The minimum atomic E-state index is 0.621. The summed E-state index contributed by atoms with van der Waals surface area (Å²) in [6.45, 7) is 6.19. The van der Waals surface area contributed by atoms with Crippen LogP contribution in [0.4, 0.5) is 5.82 Å². The number of aryl methyl sites for hydroxylation is 1. The molecule has 0 aliphatic rings. The highest BCUT2D eigenvalue weighted by molar-refractivity contribution is 5.50. The highest BCUT2D eigenvalue weighted by atomic mass is 16.5. The van der Waals surface area contributed by atoms with Crippen molar-refractivity contribution >= 4 is 5.82 Å². The molecule has 100 valence electrons. The molecule has 0 saturated heterocycles. The average molecular weight is 257 g/mol. The van der Waals surface area contributed by atoms with Gasteiger partial charge in [0, 0.05) is 7.05 Å². The fourth-order valence-corrected chi connectivity index (χ4v) is 1.96. The Morgan fingerprint density at radius 2 is 2.00 bits per heavy atom. The summed E-state index contributed by atoms with van der Waals surface area (Å²) in [7, 11) is 1.85. The largest absolute Gasteiger partial charge is 0.438 e. The summed E-state index contributed by atoms with van der Waals surface area (Å²) in [5.74, 6) is 2.28. The number of rotatable bonds is 4. The van der Waals surface area contributed by atoms with E-state index in [9.17, 15) is 0 Å². The number of anilines is 1. The lowest BCUT2D eigenvalue weighted by Crippen LogP contribution is -2.03. The summed E-state index contributed by atoms with van der Waals surface area (Å²) in [4.78, 5) is 8.46. The van der Waals surface area contributed by atoms with E-state index in [1.165, 1.54) is 11.9 Å². The molecule has 19 heavy (non-hydrogen) atoms. The number of aromatic nitrogens is 2. The molecule has 0 aliphatic carbocycles. The van der Waals surface area contributed by atoms with Crippen LogP contribution in [0.5, 0.6) is 11.6 Å². The molecule has 0 radical (unpaired) electrons. The highest BCUT2D eigenvalue weighted by Crippen LogP contribution is 2.30. The van der Waals surface area contributed by atoms with Crippen LogP contribution in [-0.2, 0) is 6.42 Å². The maximum absolute atomic E-state index is 5.96. The molecular formula is C15H19N3O. The SMILES string of the molecule is CCc1c(NC)ncnc1Oc1cccc(C)c1C. The number of benzene rings is 1. The Bertz CT molecular complexity index is 582. The van der Waals surface area contributed by atoms with Gasteiger partial charge in [0.2, 0.25) is 5.88 Å². The Morgan fingerprint density at radius 1 is 1.21 bits per heavy atom. The summed E-state index contributed by atoms with van der Waals surface area (Å²) >= 11 is 0. The first-order valence-electron chi connectivity index (χ1n) is 6.43. The molecule has 1 heterocycles. The summed E-state index contributed by atoms with van der Waals surface area (Å²) in [5, 5.41) is 3.07. The van der Waals surface area contributed by atoms with Crippen LogP contribution in [0.1, 0.15) is 23.6 Å². The summed E-state index contributed by atoms with van der Waals surface area (Å²) in [6, 6.07) is 6.02. The first kappa shape index (κ1) is 13.3. The van der Waals surface area contributed by atoms with Gasteiger partial charge in [0.15, 0.2) is 0 Å². The van der Waals surface area contributed by atoms with Crippen molar-refractivity contribution in [1.82, 2.24) is 9.97 Å². The molecule has 0 bridgehead atoms. The van der Waals surface area contributed by atoms with E-state index in [1.807, 2.05) is 19.2 Å². The lowest BCUT2D eigenvalue weighted by atomic mass is 10.1. The van der Waals surface area contributed by atoms with Gasteiger partial charge in [-0.05, 0) is 37.5 Å². The molecule has 0 saturated carbocycles. The normalized spacial score (nSPS) is 10.3. The molecule has 4 nitrogen and oxygen atoms in total. The van der Waals surface area contributed by atoms with Gasteiger partial charge in [-0.1, -0.05) is 19.1 Å². The van der Waals surface area contributed by atoms with Gasteiger partial charge in [-0.2, -0.15) is 0 Å². The molecule has 4 heteroatoms. The van der Waals surface area contributed by atoms with E-state index < -0.39 is 0 Å². The van der Waals surface area contributed by atoms with Crippen LogP contribution in [-0.4, -0.2) is 17.0 Å². The van der Waals surface area contributed by atoms with Crippen molar-refractivity contribution in [2.75, 3.05) is 12.4 Å². The predicted molar refractivity (Wildman–Crippen MR) is 76.9 cm³/mol. The van der Waals surface area contributed by atoms with E-state index in [0.717, 1.165) is 29.1 Å². The Kier molecular flexibility index (Phi) is 4.00. The maximum atomic E-state index is 5.96. The second-order valence-electron chi connectivity index (χ2n) is 4.41. The Labute approximate surface area is 113 Å². The quantitative estimate of drug-likeness (QED) is 0.910. The van der Waals surface area contributed by atoms with Gasteiger partial charge in [0.05, 0.1) is 5.56 Å². The fraction of sp³-hybridized carbons (Fsp3) is 0.333. The van der Waals surface area contributed by atoms with E-state index in [4.69, 9.17) is 4.74 Å². The number of nitrogens with zero attached hydrogens (tertiary/aromatic N) is 2. The van der Waals surface area contributed by atoms with Gasteiger partial charge < -0.3 is 10.1 Å². The van der Waals surface area contributed by atoms with Crippen molar-refractivity contribution in [3.63, 3.8) is 0 Å². The van der Waals surface area contributed by atoms with Gasteiger partial charge in [-0.25, -0.2) is 9.97 Å². The predicted octanol–water partition coefficient (Wildman–Crippen LogP) is 3.49.